The summed E-state index contributed by atoms with van der Waals surface area (Å²) >= 11 is 5.79. The molecule has 0 radical (unpaired) electrons. The van der Waals surface area contributed by atoms with Crippen LogP contribution in [0.5, 0.6) is 0 Å². The van der Waals surface area contributed by atoms with Crippen LogP contribution in [0.2, 0.25) is 5.02 Å². The summed E-state index contributed by atoms with van der Waals surface area (Å²) in [6.45, 7) is 0.330. The lowest BCUT2D eigenvalue weighted by atomic mass is 10.1. The molecule has 0 aliphatic carbocycles. The molecule has 0 saturated heterocycles. The van der Waals surface area contributed by atoms with Crippen LogP contribution < -0.4 is 5.73 Å². The van der Waals surface area contributed by atoms with Crippen molar-refractivity contribution in [2.24, 2.45) is 0 Å². The smallest absolute Gasteiger partial charge is 0.172 e. The number of methoxy groups -OCH3 is 1. The molecule has 2 N–H and O–H groups in total. The van der Waals surface area contributed by atoms with Crippen molar-refractivity contribution in [2.45, 2.75) is 6.61 Å². The second kappa shape index (κ2) is 4.73. The van der Waals surface area contributed by atoms with Crippen molar-refractivity contribution < 1.29 is 13.7 Å². The number of hydrogen-bond acceptors (Lipinski definition) is 4. The number of aromatic nitrogens is 1. The molecule has 0 aliphatic rings. The van der Waals surface area contributed by atoms with Gasteiger partial charge in [0.1, 0.15) is 0 Å². The molecule has 17 heavy (non-hydrogen) atoms. The fourth-order valence-electron chi connectivity index (χ4n) is 1.49. The van der Waals surface area contributed by atoms with Crippen molar-refractivity contribution in [1.29, 1.82) is 0 Å². The number of nitrogen functional groups attached to an aromatic ring is 1. The van der Waals surface area contributed by atoms with Crippen molar-refractivity contribution in [3.63, 3.8) is 0 Å². The van der Waals surface area contributed by atoms with E-state index in [1.165, 1.54) is 12.1 Å². The van der Waals surface area contributed by atoms with Crippen LogP contribution in [0.15, 0.2) is 22.7 Å². The third kappa shape index (κ3) is 2.40. The van der Waals surface area contributed by atoms with Crippen LogP contribution in [0, 0.1) is 5.82 Å². The van der Waals surface area contributed by atoms with Gasteiger partial charge < -0.3 is 15.0 Å². The Morgan fingerprint density at radius 3 is 2.82 bits per heavy atom. The number of benzene rings is 1. The molecule has 0 spiro atoms. The summed E-state index contributed by atoms with van der Waals surface area (Å²) < 4.78 is 23.7. The van der Waals surface area contributed by atoms with Crippen LogP contribution in [0.4, 0.5) is 10.2 Å². The molecule has 0 amide bonds. The molecule has 1 aromatic heterocycles. The van der Waals surface area contributed by atoms with E-state index >= 15 is 0 Å². The van der Waals surface area contributed by atoms with Crippen molar-refractivity contribution in [1.82, 2.24) is 5.16 Å². The molecule has 1 heterocycles. The number of anilines is 1. The van der Waals surface area contributed by atoms with Gasteiger partial charge in [-0.15, -0.1) is 0 Å². The van der Waals surface area contributed by atoms with Crippen molar-refractivity contribution in [2.75, 3.05) is 12.8 Å². The molecular formula is C11H10ClFN2O2. The van der Waals surface area contributed by atoms with E-state index in [4.69, 9.17) is 26.6 Å². The topological polar surface area (TPSA) is 61.3 Å². The summed E-state index contributed by atoms with van der Waals surface area (Å²) in [7, 11) is 1.55. The number of nitrogens with two attached hydrogens (primary N) is 1. The fourth-order valence-corrected chi connectivity index (χ4v) is 1.73. The van der Waals surface area contributed by atoms with Crippen molar-refractivity contribution in [3.05, 3.63) is 34.6 Å². The molecule has 0 unspecified atom stereocenters. The second-order valence-electron chi connectivity index (χ2n) is 3.49. The van der Waals surface area contributed by atoms with E-state index in [9.17, 15) is 4.39 Å². The minimum Gasteiger partial charge on any atom is -0.381 e. The van der Waals surface area contributed by atoms with Crippen LogP contribution in [0.3, 0.4) is 0 Å². The zero-order valence-corrected chi connectivity index (χ0v) is 9.79. The highest BCUT2D eigenvalue weighted by Crippen LogP contribution is 2.30. The maximum atomic E-state index is 13.8. The van der Waals surface area contributed by atoms with Crippen molar-refractivity contribution in [3.8, 4) is 11.3 Å². The monoisotopic (exact) mass is 256 g/mol. The van der Waals surface area contributed by atoms with Gasteiger partial charge in [0.25, 0.3) is 0 Å². The average Bonchev–Trinajstić information content (AvgIpc) is 2.70. The molecule has 1 aromatic carbocycles. The lowest BCUT2D eigenvalue weighted by Gasteiger charge is -2.05. The van der Waals surface area contributed by atoms with Gasteiger partial charge in [-0.05, 0) is 17.7 Å². The van der Waals surface area contributed by atoms with Crippen LogP contribution in [-0.2, 0) is 11.3 Å². The predicted octanol–water partition coefficient (Wildman–Crippen LogP) is 2.86. The van der Waals surface area contributed by atoms with Gasteiger partial charge >= 0.3 is 0 Å². The molecule has 0 saturated carbocycles. The average molecular weight is 257 g/mol. The first kappa shape index (κ1) is 11.9. The molecule has 0 aliphatic heterocycles. The summed E-state index contributed by atoms with van der Waals surface area (Å²) in [5, 5.41) is 3.51. The Kier molecular flexibility index (Phi) is 3.31. The minimum absolute atomic E-state index is 0.00419. The molecule has 0 fully saturated rings. The number of ether oxygens (including phenoxy) is 1. The zero-order valence-electron chi connectivity index (χ0n) is 9.04. The Bertz CT molecular complexity index is 542. The first-order chi connectivity index (χ1) is 8.11. The first-order valence-corrected chi connectivity index (χ1v) is 5.19. The van der Waals surface area contributed by atoms with Gasteiger partial charge in [-0.2, -0.15) is 0 Å². The van der Waals surface area contributed by atoms with E-state index < -0.39 is 5.82 Å². The Morgan fingerprint density at radius 2 is 2.24 bits per heavy atom. The summed E-state index contributed by atoms with van der Waals surface area (Å²) in [5.74, 6) is -0.143. The zero-order chi connectivity index (χ0) is 12.4. The molecule has 4 nitrogen and oxygen atoms in total. The Hall–Kier alpha value is -1.59. The summed E-state index contributed by atoms with van der Waals surface area (Å²) in [4.78, 5) is 0. The summed E-state index contributed by atoms with van der Waals surface area (Å²) in [6.07, 6.45) is 0. The maximum absolute atomic E-state index is 13.8. The van der Waals surface area contributed by atoms with Crippen LogP contribution in [0.25, 0.3) is 11.3 Å². The van der Waals surface area contributed by atoms with Gasteiger partial charge in [-0.1, -0.05) is 16.8 Å². The van der Waals surface area contributed by atoms with E-state index in [0.717, 1.165) is 5.56 Å². The molecule has 2 rings (SSSR count). The molecule has 6 heteroatoms. The number of halogens is 2. The molecule has 0 bridgehead atoms. The highest BCUT2D eigenvalue weighted by molar-refractivity contribution is 6.31. The molecule has 90 valence electrons. The number of hydrogen-bond donors (Lipinski definition) is 1. The number of rotatable bonds is 3. The van der Waals surface area contributed by atoms with E-state index in [0.29, 0.717) is 6.61 Å². The largest absolute Gasteiger partial charge is 0.381 e. The SMILES string of the molecule is COCc1cc(Cl)c(F)c(-c2cc(N)no2)c1. The summed E-state index contributed by atoms with van der Waals surface area (Å²) in [5.41, 5.74) is 6.37. The van der Waals surface area contributed by atoms with Gasteiger partial charge in [-0.25, -0.2) is 4.39 Å². The van der Waals surface area contributed by atoms with E-state index in [-0.39, 0.29) is 22.2 Å². The lowest BCUT2D eigenvalue weighted by molar-refractivity contribution is 0.185. The molecule has 2 aromatic rings. The van der Waals surface area contributed by atoms with E-state index in [2.05, 4.69) is 5.16 Å². The van der Waals surface area contributed by atoms with Gasteiger partial charge in [0.2, 0.25) is 0 Å². The van der Waals surface area contributed by atoms with E-state index in [1.54, 1.807) is 13.2 Å². The highest BCUT2D eigenvalue weighted by atomic mass is 35.5. The highest BCUT2D eigenvalue weighted by Gasteiger charge is 2.15. The quantitative estimate of drug-likeness (QED) is 0.917. The summed E-state index contributed by atoms with van der Waals surface area (Å²) in [6, 6.07) is 4.53. The van der Waals surface area contributed by atoms with Crippen LogP contribution in [0.1, 0.15) is 5.56 Å². The van der Waals surface area contributed by atoms with Crippen LogP contribution in [-0.4, -0.2) is 12.3 Å². The first-order valence-electron chi connectivity index (χ1n) is 4.81. The third-order valence-electron chi connectivity index (χ3n) is 2.19. The Labute approximate surface area is 102 Å². The normalized spacial score (nSPS) is 10.8. The lowest BCUT2D eigenvalue weighted by Crippen LogP contribution is -1.92. The predicted molar refractivity (Wildman–Crippen MR) is 62.0 cm³/mol. The third-order valence-corrected chi connectivity index (χ3v) is 2.47. The van der Waals surface area contributed by atoms with Gasteiger partial charge in [-0.3, -0.25) is 0 Å². The maximum Gasteiger partial charge on any atom is 0.172 e. The van der Waals surface area contributed by atoms with Crippen LogP contribution >= 0.6 is 11.6 Å². The Balaban J connectivity index is 2.52. The minimum atomic E-state index is -0.567. The van der Waals surface area contributed by atoms with Gasteiger partial charge in [0.05, 0.1) is 17.2 Å². The van der Waals surface area contributed by atoms with Gasteiger partial charge in [0.15, 0.2) is 17.4 Å². The number of nitrogens with zero attached hydrogens (tertiary/aromatic N) is 1. The van der Waals surface area contributed by atoms with E-state index in [1.807, 2.05) is 0 Å². The Morgan fingerprint density at radius 1 is 1.47 bits per heavy atom. The molecule has 0 atom stereocenters. The standard InChI is InChI=1S/C11H10ClFN2O2/c1-16-5-6-2-7(11(13)8(12)3-6)9-4-10(14)15-17-9/h2-4H,5H2,1H3,(H2,14,15). The van der Waals surface area contributed by atoms with Crippen molar-refractivity contribution >= 4 is 17.4 Å². The van der Waals surface area contributed by atoms with Gasteiger partial charge in [0, 0.05) is 13.2 Å². The molecular weight excluding hydrogens is 247 g/mol. The fraction of sp³-hybridized carbons (Fsp3) is 0.182. The second-order valence-corrected chi connectivity index (χ2v) is 3.90.